The van der Waals surface area contributed by atoms with Crippen molar-refractivity contribution in [2.24, 2.45) is 0 Å². The third kappa shape index (κ3) is 5.47. The Labute approximate surface area is 177 Å². The van der Waals surface area contributed by atoms with Crippen molar-refractivity contribution in [3.63, 3.8) is 0 Å². The molecule has 0 spiro atoms. The summed E-state index contributed by atoms with van der Waals surface area (Å²) in [6, 6.07) is 14.6. The number of amides is 2. The Balaban J connectivity index is 1.64. The van der Waals surface area contributed by atoms with Crippen molar-refractivity contribution in [2.75, 3.05) is 18.5 Å². The number of benzene rings is 2. The van der Waals surface area contributed by atoms with Crippen molar-refractivity contribution >= 4 is 23.5 Å². The van der Waals surface area contributed by atoms with Crippen molar-refractivity contribution in [3.05, 3.63) is 89.8 Å². The van der Waals surface area contributed by atoms with Gasteiger partial charge in [0.25, 0.3) is 0 Å². The highest BCUT2D eigenvalue weighted by Crippen LogP contribution is 2.20. The fourth-order valence-corrected chi connectivity index (χ4v) is 2.69. The molecule has 0 aliphatic carbocycles. The van der Waals surface area contributed by atoms with Crippen LogP contribution < -0.4 is 10.2 Å². The minimum absolute atomic E-state index is 0.0600. The molecule has 3 aromatic rings. The Bertz CT molecular complexity index is 1090. The van der Waals surface area contributed by atoms with E-state index in [4.69, 9.17) is 4.74 Å². The lowest BCUT2D eigenvalue weighted by molar-refractivity contribution is -0.117. The van der Waals surface area contributed by atoms with Gasteiger partial charge in [-0.15, -0.1) is 0 Å². The highest BCUT2D eigenvalue weighted by molar-refractivity contribution is 6.13. The van der Waals surface area contributed by atoms with Crippen LogP contribution in [0.5, 0.6) is 0 Å². The third-order valence-electron chi connectivity index (χ3n) is 4.36. The van der Waals surface area contributed by atoms with E-state index in [1.807, 2.05) is 18.2 Å². The number of alkyl carbamates (subject to hydrolysis) is 1. The van der Waals surface area contributed by atoms with E-state index in [9.17, 15) is 18.8 Å². The van der Waals surface area contributed by atoms with Crippen LogP contribution in [0.4, 0.5) is 14.9 Å². The second-order valence-corrected chi connectivity index (χ2v) is 6.43. The van der Waals surface area contributed by atoms with E-state index >= 15 is 0 Å². The fraction of sp³-hybridized carbons (Fsp3) is 0.136. The highest BCUT2D eigenvalue weighted by atomic mass is 19.1. The zero-order valence-electron chi connectivity index (χ0n) is 16.6. The molecule has 31 heavy (non-hydrogen) atoms. The van der Waals surface area contributed by atoms with Gasteiger partial charge in [0.1, 0.15) is 31.0 Å². The van der Waals surface area contributed by atoms with Crippen molar-refractivity contribution in [1.29, 1.82) is 0 Å². The summed E-state index contributed by atoms with van der Waals surface area (Å²) in [5.41, 5.74) is 0.576. The topological polar surface area (TPSA) is 101 Å². The SMILES string of the molecule is CN(C(=O)CNC(=O)OCc1ccccc1)c1cncnc1C(=O)c1ccccc1F. The molecule has 8 nitrogen and oxygen atoms in total. The number of carbonyl (C=O) groups excluding carboxylic acids is 3. The number of halogens is 1. The maximum atomic E-state index is 14.0. The summed E-state index contributed by atoms with van der Waals surface area (Å²) in [5, 5.41) is 2.35. The summed E-state index contributed by atoms with van der Waals surface area (Å²) >= 11 is 0. The maximum absolute atomic E-state index is 14.0. The van der Waals surface area contributed by atoms with Crippen LogP contribution >= 0.6 is 0 Å². The van der Waals surface area contributed by atoms with Crippen molar-refractivity contribution < 1.29 is 23.5 Å². The lowest BCUT2D eigenvalue weighted by Crippen LogP contribution is -2.39. The van der Waals surface area contributed by atoms with E-state index in [1.54, 1.807) is 12.1 Å². The number of rotatable bonds is 7. The van der Waals surface area contributed by atoms with E-state index in [-0.39, 0.29) is 30.1 Å². The van der Waals surface area contributed by atoms with Crippen molar-refractivity contribution in [2.45, 2.75) is 6.61 Å². The minimum atomic E-state index is -0.766. The van der Waals surface area contributed by atoms with Crippen LogP contribution in [0.15, 0.2) is 67.1 Å². The second-order valence-electron chi connectivity index (χ2n) is 6.43. The van der Waals surface area contributed by atoms with Gasteiger partial charge in [-0.3, -0.25) is 9.59 Å². The number of aromatic nitrogens is 2. The van der Waals surface area contributed by atoms with Crippen LogP contribution in [0.3, 0.4) is 0 Å². The first kappa shape index (κ1) is 21.6. The molecule has 0 radical (unpaired) electrons. The maximum Gasteiger partial charge on any atom is 0.407 e. The van der Waals surface area contributed by atoms with Crippen LogP contribution in [-0.2, 0) is 16.1 Å². The molecule has 0 aliphatic rings. The van der Waals surface area contributed by atoms with Gasteiger partial charge in [-0.1, -0.05) is 42.5 Å². The molecule has 158 valence electrons. The molecule has 0 bridgehead atoms. The molecular weight excluding hydrogens is 403 g/mol. The summed E-state index contributed by atoms with van der Waals surface area (Å²) in [4.78, 5) is 46.0. The molecule has 0 unspecified atom stereocenters. The molecule has 1 heterocycles. The predicted octanol–water partition coefficient (Wildman–Crippen LogP) is 2.74. The summed E-state index contributed by atoms with van der Waals surface area (Å²) in [7, 11) is 1.40. The van der Waals surface area contributed by atoms with E-state index < -0.39 is 23.6 Å². The Hall–Kier alpha value is -4.14. The Morgan fingerprint density at radius 3 is 2.52 bits per heavy atom. The Morgan fingerprint density at radius 2 is 1.77 bits per heavy atom. The first-order valence-corrected chi connectivity index (χ1v) is 9.27. The number of carbonyl (C=O) groups is 3. The number of likely N-dealkylation sites (N-methyl/N-ethyl adjacent to an activating group) is 1. The van der Waals surface area contributed by atoms with E-state index in [1.165, 1.54) is 31.4 Å². The minimum Gasteiger partial charge on any atom is -0.445 e. The molecule has 0 saturated carbocycles. The van der Waals surface area contributed by atoms with Crippen LogP contribution in [0.1, 0.15) is 21.6 Å². The second kappa shape index (κ2) is 10.1. The number of nitrogens with one attached hydrogen (secondary N) is 1. The van der Waals surface area contributed by atoms with Gasteiger partial charge >= 0.3 is 6.09 Å². The van der Waals surface area contributed by atoms with Crippen molar-refractivity contribution in [1.82, 2.24) is 15.3 Å². The number of nitrogens with zero attached hydrogens (tertiary/aromatic N) is 3. The molecular formula is C22H19FN4O4. The lowest BCUT2D eigenvalue weighted by atomic mass is 10.1. The van der Waals surface area contributed by atoms with Crippen molar-refractivity contribution in [3.8, 4) is 0 Å². The molecule has 2 aromatic carbocycles. The van der Waals surface area contributed by atoms with Crippen LogP contribution in [-0.4, -0.2) is 41.3 Å². The Kier molecular flexibility index (Phi) is 7.00. The number of hydrogen-bond acceptors (Lipinski definition) is 6. The van der Waals surface area contributed by atoms with E-state index in [2.05, 4.69) is 15.3 Å². The zero-order chi connectivity index (χ0) is 22.2. The number of ether oxygens (including phenoxy) is 1. The molecule has 1 aromatic heterocycles. The molecule has 3 rings (SSSR count). The van der Waals surface area contributed by atoms with Gasteiger partial charge in [0.05, 0.1) is 17.4 Å². The molecule has 9 heteroatoms. The van der Waals surface area contributed by atoms with E-state index in [0.29, 0.717) is 0 Å². The van der Waals surface area contributed by atoms with Gasteiger partial charge in [0, 0.05) is 7.05 Å². The van der Waals surface area contributed by atoms with Crippen LogP contribution in [0.2, 0.25) is 0 Å². The Morgan fingerprint density at radius 1 is 1.06 bits per heavy atom. The van der Waals surface area contributed by atoms with Gasteiger partial charge in [0.2, 0.25) is 11.7 Å². The predicted molar refractivity (Wildman–Crippen MR) is 110 cm³/mol. The molecule has 2 amide bonds. The number of hydrogen-bond donors (Lipinski definition) is 1. The first-order valence-electron chi connectivity index (χ1n) is 9.27. The smallest absolute Gasteiger partial charge is 0.407 e. The van der Waals surface area contributed by atoms with Gasteiger partial charge < -0.3 is 15.0 Å². The molecule has 0 fully saturated rings. The quantitative estimate of drug-likeness (QED) is 0.588. The third-order valence-corrected chi connectivity index (χ3v) is 4.36. The average molecular weight is 422 g/mol. The normalized spacial score (nSPS) is 10.3. The molecule has 0 aliphatic heterocycles. The number of anilines is 1. The van der Waals surface area contributed by atoms with Gasteiger partial charge in [-0.25, -0.2) is 19.2 Å². The van der Waals surface area contributed by atoms with Gasteiger partial charge in [0.15, 0.2) is 0 Å². The van der Waals surface area contributed by atoms with Crippen LogP contribution in [0.25, 0.3) is 0 Å². The molecule has 1 N–H and O–H groups in total. The molecule has 0 saturated heterocycles. The summed E-state index contributed by atoms with van der Waals surface area (Å²) < 4.78 is 19.1. The number of ketones is 1. The largest absolute Gasteiger partial charge is 0.445 e. The average Bonchev–Trinajstić information content (AvgIpc) is 2.81. The zero-order valence-corrected chi connectivity index (χ0v) is 16.6. The lowest BCUT2D eigenvalue weighted by Gasteiger charge is -2.19. The monoisotopic (exact) mass is 422 g/mol. The standard InChI is InChI=1S/C22H19FN4O4/c1-27(19(28)12-25-22(30)31-13-15-7-3-2-4-8-15)18-11-24-14-26-20(18)21(29)16-9-5-6-10-17(16)23/h2-11,14H,12-13H2,1H3,(H,25,30). The fourth-order valence-electron chi connectivity index (χ4n) is 2.69. The summed E-state index contributed by atoms with van der Waals surface area (Å²) in [5.74, 6) is -1.94. The summed E-state index contributed by atoms with van der Waals surface area (Å²) in [6.45, 7) is -0.323. The van der Waals surface area contributed by atoms with Crippen LogP contribution in [0, 0.1) is 5.82 Å². The first-order chi connectivity index (χ1) is 15.0. The molecule has 0 atom stereocenters. The summed E-state index contributed by atoms with van der Waals surface area (Å²) in [6.07, 6.45) is 1.64. The van der Waals surface area contributed by atoms with Gasteiger partial charge in [-0.05, 0) is 17.7 Å². The van der Waals surface area contributed by atoms with E-state index in [0.717, 1.165) is 22.9 Å². The highest BCUT2D eigenvalue weighted by Gasteiger charge is 2.23. The van der Waals surface area contributed by atoms with Gasteiger partial charge in [-0.2, -0.15) is 0 Å².